The Morgan fingerprint density at radius 1 is 1.37 bits per heavy atom. The number of nitrogens with zero attached hydrogens (tertiary/aromatic N) is 1. The maximum absolute atomic E-state index is 12.3. The third-order valence-corrected chi connectivity index (χ3v) is 3.99. The first-order valence-corrected chi connectivity index (χ1v) is 6.88. The Morgan fingerprint density at radius 3 is 2.79 bits per heavy atom. The van der Waals surface area contributed by atoms with Crippen molar-refractivity contribution < 1.29 is 9.21 Å². The Labute approximate surface area is 111 Å². The number of Topliss-reactive ketones (excluding diaryl/α,β-unsaturated/α-hetero) is 1. The Morgan fingerprint density at radius 2 is 2.11 bits per heavy atom. The summed E-state index contributed by atoms with van der Waals surface area (Å²) in [6.07, 6.45) is 4.24. The molecule has 0 atom stereocenters. The second-order valence-electron chi connectivity index (χ2n) is 5.14. The minimum atomic E-state index is -0.358. The van der Waals surface area contributed by atoms with Gasteiger partial charge in [-0.05, 0) is 38.0 Å². The van der Waals surface area contributed by atoms with Crippen LogP contribution in [-0.4, -0.2) is 10.4 Å². The maximum Gasteiger partial charge on any atom is 0.419 e. The van der Waals surface area contributed by atoms with Gasteiger partial charge in [0.15, 0.2) is 11.4 Å². The average molecular weight is 259 g/mol. The van der Waals surface area contributed by atoms with E-state index < -0.39 is 0 Å². The topological polar surface area (TPSA) is 52.2 Å². The van der Waals surface area contributed by atoms with E-state index in [0.29, 0.717) is 17.7 Å². The lowest BCUT2D eigenvalue weighted by Gasteiger charge is -2.07. The van der Waals surface area contributed by atoms with E-state index in [4.69, 9.17) is 4.42 Å². The molecule has 3 rings (SSSR count). The zero-order valence-corrected chi connectivity index (χ0v) is 11.0. The van der Waals surface area contributed by atoms with Gasteiger partial charge in [0.1, 0.15) is 0 Å². The summed E-state index contributed by atoms with van der Waals surface area (Å²) in [6, 6.07) is 5.33. The lowest BCUT2D eigenvalue weighted by atomic mass is 9.96. The van der Waals surface area contributed by atoms with Gasteiger partial charge < -0.3 is 4.42 Å². The smallest absolute Gasteiger partial charge is 0.408 e. The van der Waals surface area contributed by atoms with Crippen molar-refractivity contribution in [3.8, 4) is 0 Å². The van der Waals surface area contributed by atoms with E-state index in [9.17, 15) is 9.59 Å². The molecule has 1 aliphatic carbocycles. The molecule has 0 N–H and O–H groups in total. The van der Waals surface area contributed by atoms with Crippen molar-refractivity contribution in [3.63, 3.8) is 0 Å². The van der Waals surface area contributed by atoms with Crippen molar-refractivity contribution in [1.29, 1.82) is 0 Å². The SMILES string of the molecule is CCn1c(=O)oc2cc(C(=O)C3CCCC3)ccc21. The fourth-order valence-electron chi connectivity index (χ4n) is 2.94. The number of aromatic nitrogens is 1. The van der Waals surface area contributed by atoms with Crippen LogP contribution < -0.4 is 5.76 Å². The normalized spacial score (nSPS) is 16.3. The number of hydrogen-bond acceptors (Lipinski definition) is 3. The summed E-state index contributed by atoms with van der Waals surface area (Å²) in [7, 11) is 0. The zero-order valence-electron chi connectivity index (χ0n) is 11.0. The Kier molecular flexibility index (Phi) is 3.01. The average Bonchev–Trinajstić information content (AvgIpc) is 3.03. The summed E-state index contributed by atoms with van der Waals surface area (Å²) < 4.78 is 6.77. The van der Waals surface area contributed by atoms with E-state index in [1.165, 1.54) is 0 Å². The summed E-state index contributed by atoms with van der Waals surface area (Å²) in [6.45, 7) is 2.47. The number of rotatable bonds is 3. The van der Waals surface area contributed by atoms with Gasteiger partial charge in [0.05, 0.1) is 5.52 Å². The molecule has 0 spiro atoms. The first kappa shape index (κ1) is 12.2. The highest BCUT2D eigenvalue weighted by Gasteiger charge is 2.24. The standard InChI is InChI=1S/C15H17NO3/c1-2-16-12-8-7-11(9-13(12)19-15(16)18)14(17)10-5-3-4-6-10/h7-10H,2-6H2,1H3. The molecule has 1 saturated carbocycles. The van der Waals surface area contributed by atoms with Gasteiger partial charge in [-0.15, -0.1) is 0 Å². The Balaban J connectivity index is 2.02. The largest absolute Gasteiger partial charge is 0.419 e. The van der Waals surface area contributed by atoms with Gasteiger partial charge in [0.2, 0.25) is 0 Å². The minimum absolute atomic E-state index is 0.150. The van der Waals surface area contributed by atoms with Crippen LogP contribution in [0.4, 0.5) is 0 Å². The summed E-state index contributed by atoms with van der Waals surface area (Å²) in [4.78, 5) is 23.9. The predicted octanol–water partition coefficient (Wildman–Crippen LogP) is 2.99. The van der Waals surface area contributed by atoms with Gasteiger partial charge in [-0.2, -0.15) is 0 Å². The molecule has 0 aliphatic heterocycles. The number of carbonyl (C=O) groups excluding carboxylic acids is 1. The molecule has 4 nitrogen and oxygen atoms in total. The number of ketones is 1. The van der Waals surface area contributed by atoms with Crippen molar-refractivity contribution in [1.82, 2.24) is 4.57 Å². The van der Waals surface area contributed by atoms with Crippen molar-refractivity contribution >= 4 is 16.9 Å². The van der Waals surface area contributed by atoms with Crippen molar-refractivity contribution in [2.24, 2.45) is 5.92 Å². The van der Waals surface area contributed by atoms with Gasteiger partial charge in [-0.3, -0.25) is 9.36 Å². The molecule has 1 heterocycles. The fraction of sp³-hybridized carbons (Fsp3) is 0.467. The molecule has 2 aromatic rings. The molecule has 1 aromatic heterocycles. The summed E-state index contributed by atoms with van der Waals surface area (Å²) in [5, 5.41) is 0. The monoisotopic (exact) mass is 259 g/mol. The second kappa shape index (κ2) is 4.68. The summed E-state index contributed by atoms with van der Waals surface area (Å²) >= 11 is 0. The zero-order chi connectivity index (χ0) is 13.4. The molecular formula is C15H17NO3. The number of fused-ring (bicyclic) bond motifs is 1. The van der Waals surface area contributed by atoms with Crippen molar-refractivity contribution in [3.05, 3.63) is 34.3 Å². The highest BCUT2D eigenvalue weighted by molar-refractivity contribution is 6.00. The lowest BCUT2D eigenvalue weighted by Crippen LogP contribution is -2.12. The fourth-order valence-corrected chi connectivity index (χ4v) is 2.94. The molecule has 0 unspecified atom stereocenters. The van der Waals surface area contributed by atoms with Crippen LogP contribution in [0.1, 0.15) is 43.0 Å². The van der Waals surface area contributed by atoms with Gasteiger partial charge in [0, 0.05) is 18.0 Å². The van der Waals surface area contributed by atoms with Crippen LogP contribution in [0.25, 0.3) is 11.1 Å². The van der Waals surface area contributed by atoms with Gasteiger partial charge in [-0.1, -0.05) is 12.8 Å². The number of hydrogen-bond donors (Lipinski definition) is 0. The molecule has 1 aliphatic rings. The van der Waals surface area contributed by atoms with Gasteiger partial charge in [0.25, 0.3) is 0 Å². The molecule has 0 saturated heterocycles. The number of carbonyl (C=O) groups is 1. The van der Waals surface area contributed by atoms with Crippen LogP contribution in [0.2, 0.25) is 0 Å². The predicted molar refractivity (Wildman–Crippen MR) is 72.4 cm³/mol. The van der Waals surface area contributed by atoms with Crippen LogP contribution in [0.5, 0.6) is 0 Å². The maximum atomic E-state index is 12.3. The van der Waals surface area contributed by atoms with E-state index in [0.717, 1.165) is 31.2 Å². The van der Waals surface area contributed by atoms with Gasteiger partial charge in [-0.25, -0.2) is 4.79 Å². The van der Waals surface area contributed by atoms with Crippen LogP contribution in [0, 0.1) is 5.92 Å². The van der Waals surface area contributed by atoms with E-state index >= 15 is 0 Å². The molecular weight excluding hydrogens is 242 g/mol. The van der Waals surface area contributed by atoms with Crippen LogP contribution >= 0.6 is 0 Å². The van der Waals surface area contributed by atoms with E-state index in [1.807, 2.05) is 19.1 Å². The second-order valence-corrected chi connectivity index (χ2v) is 5.14. The van der Waals surface area contributed by atoms with Crippen molar-refractivity contribution in [2.75, 3.05) is 0 Å². The van der Waals surface area contributed by atoms with Crippen molar-refractivity contribution in [2.45, 2.75) is 39.2 Å². The Bertz CT molecular complexity index is 674. The number of aryl methyl sites for hydroxylation is 1. The minimum Gasteiger partial charge on any atom is -0.408 e. The molecule has 19 heavy (non-hydrogen) atoms. The molecule has 0 amide bonds. The van der Waals surface area contributed by atoms with Crippen LogP contribution in [0.15, 0.2) is 27.4 Å². The first-order valence-electron chi connectivity index (χ1n) is 6.88. The quantitative estimate of drug-likeness (QED) is 0.796. The third kappa shape index (κ3) is 2.01. The summed E-state index contributed by atoms with van der Waals surface area (Å²) in [5.74, 6) is -0.0216. The summed E-state index contributed by atoms with van der Waals surface area (Å²) in [5.41, 5.74) is 1.93. The number of oxazole rings is 1. The molecule has 0 bridgehead atoms. The first-order chi connectivity index (χ1) is 9.20. The Hall–Kier alpha value is -1.84. The molecule has 4 heteroatoms. The number of benzene rings is 1. The molecule has 0 radical (unpaired) electrons. The lowest BCUT2D eigenvalue weighted by molar-refractivity contribution is 0.0923. The molecule has 100 valence electrons. The van der Waals surface area contributed by atoms with E-state index in [1.54, 1.807) is 10.6 Å². The highest BCUT2D eigenvalue weighted by Crippen LogP contribution is 2.28. The van der Waals surface area contributed by atoms with Crippen LogP contribution in [-0.2, 0) is 6.54 Å². The van der Waals surface area contributed by atoms with E-state index in [2.05, 4.69) is 0 Å². The molecule has 1 fully saturated rings. The van der Waals surface area contributed by atoms with Crippen LogP contribution in [0.3, 0.4) is 0 Å². The van der Waals surface area contributed by atoms with E-state index in [-0.39, 0.29) is 17.5 Å². The third-order valence-electron chi connectivity index (χ3n) is 3.99. The molecule has 1 aromatic carbocycles. The van der Waals surface area contributed by atoms with Gasteiger partial charge >= 0.3 is 5.76 Å². The highest BCUT2D eigenvalue weighted by atomic mass is 16.4.